The van der Waals surface area contributed by atoms with Crippen molar-refractivity contribution in [2.75, 3.05) is 5.32 Å². The molecule has 1 N–H and O–H groups in total. The molecule has 0 unspecified atom stereocenters. The highest BCUT2D eigenvalue weighted by Gasteiger charge is 2.04. The van der Waals surface area contributed by atoms with Gasteiger partial charge in [-0.25, -0.2) is 0 Å². The van der Waals surface area contributed by atoms with E-state index >= 15 is 0 Å². The van der Waals surface area contributed by atoms with E-state index in [1.165, 1.54) is 22.5 Å². The molecule has 0 atom stereocenters. The normalized spacial score (nSPS) is 10.9. The van der Waals surface area contributed by atoms with Crippen molar-refractivity contribution in [1.29, 1.82) is 0 Å². The molecular weight excluding hydrogens is 232 g/mol. The maximum atomic E-state index is 4.39. The van der Waals surface area contributed by atoms with Gasteiger partial charge in [0.15, 0.2) is 0 Å². The lowest BCUT2D eigenvalue weighted by Crippen LogP contribution is -1.96. The average Bonchev–Trinajstić information content (AvgIpc) is 2.93. The molecule has 0 spiro atoms. The van der Waals surface area contributed by atoms with Crippen molar-refractivity contribution in [2.24, 2.45) is 7.05 Å². The van der Waals surface area contributed by atoms with Gasteiger partial charge in [-0.3, -0.25) is 4.68 Å². The Balaban J connectivity index is 1.81. The summed E-state index contributed by atoms with van der Waals surface area (Å²) in [6.45, 7) is 0.778. The van der Waals surface area contributed by atoms with Gasteiger partial charge in [-0.15, -0.1) is 0 Å². The lowest BCUT2D eigenvalue weighted by atomic mass is 10.2. The summed E-state index contributed by atoms with van der Waals surface area (Å²) in [7, 11) is 1.92. The Morgan fingerprint density at radius 3 is 3.06 bits per heavy atom. The van der Waals surface area contributed by atoms with E-state index in [4.69, 9.17) is 0 Å². The van der Waals surface area contributed by atoms with E-state index in [0.717, 1.165) is 17.1 Å². The second-order valence-corrected chi connectivity index (χ2v) is 4.68. The first-order chi connectivity index (χ1) is 8.33. The number of aryl methyl sites for hydroxylation is 1. The Bertz CT molecular complexity index is 641. The van der Waals surface area contributed by atoms with Gasteiger partial charge in [-0.2, -0.15) is 9.47 Å². The molecule has 1 aromatic carbocycles. The predicted octanol–water partition coefficient (Wildman–Crippen LogP) is 2.64. The van der Waals surface area contributed by atoms with Gasteiger partial charge in [-0.05, 0) is 23.7 Å². The van der Waals surface area contributed by atoms with Crippen LogP contribution >= 0.6 is 11.5 Å². The molecule has 4 nitrogen and oxygen atoms in total. The largest absolute Gasteiger partial charge is 0.371 e. The summed E-state index contributed by atoms with van der Waals surface area (Å²) in [6, 6.07) is 8.16. The number of nitrogens with one attached hydrogen (secondary N) is 1. The smallest absolute Gasteiger partial charge is 0.117 e. The average molecular weight is 244 g/mol. The summed E-state index contributed by atoms with van der Waals surface area (Å²) in [4.78, 5) is 0. The van der Waals surface area contributed by atoms with Gasteiger partial charge in [-0.1, -0.05) is 12.1 Å². The summed E-state index contributed by atoms with van der Waals surface area (Å²) in [5.74, 6) is 0. The molecule has 0 aliphatic rings. The summed E-state index contributed by atoms with van der Waals surface area (Å²) < 4.78 is 6.20. The minimum Gasteiger partial charge on any atom is -0.371 e. The van der Waals surface area contributed by atoms with Gasteiger partial charge < -0.3 is 5.32 Å². The highest BCUT2D eigenvalue weighted by Crippen LogP contribution is 2.27. The molecule has 2 heterocycles. The van der Waals surface area contributed by atoms with E-state index in [-0.39, 0.29) is 0 Å². The minimum absolute atomic E-state index is 0.778. The molecule has 0 aliphatic carbocycles. The zero-order valence-corrected chi connectivity index (χ0v) is 10.2. The number of hydrogen-bond acceptors (Lipinski definition) is 4. The van der Waals surface area contributed by atoms with Gasteiger partial charge in [0, 0.05) is 30.7 Å². The number of benzene rings is 1. The molecule has 86 valence electrons. The third-order valence-electron chi connectivity index (χ3n) is 2.60. The van der Waals surface area contributed by atoms with Crippen LogP contribution in [0.15, 0.2) is 36.7 Å². The topological polar surface area (TPSA) is 42.7 Å². The molecule has 5 heteroatoms. The fourth-order valence-electron chi connectivity index (χ4n) is 1.76. The maximum Gasteiger partial charge on any atom is 0.117 e. The lowest BCUT2D eigenvalue weighted by molar-refractivity contribution is 0.767. The number of nitrogens with zero attached hydrogens (tertiary/aromatic N) is 3. The molecule has 0 amide bonds. The Hall–Kier alpha value is -1.88. The van der Waals surface area contributed by atoms with E-state index in [0.29, 0.717) is 0 Å². The van der Waals surface area contributed by atoms with Crippen LogP contribution in [0.3, 0.4) is 0 Å². The molecule has 0 fully saturated rings. The van der Waals surface area contributed by atoms with Crippen molar-refractivity contribution in [2.45, 2.75) is 6.54 Å². The van der Waals surface area contributed by atoms with Crippen LogP contribution in [0.25, 0.3) is 10.9 Å². The first kappa shape index (κ1) is 10.3. The molecular formula is C12H12N4S. The number of aromatic nitrogens is 3. The van der Waals surface area contributed by atoms with E-state index in [1.807, 2.05) is 42.3 Å². The van der Waals surface area contributed by atoms with Crippen LogP contribution in [0.1, 0.15) is 5.56 Å². The molecule has 0 bridgehead atoms. The zero-order chi connectivity index (χ0) is 11.7. The van der Waals surface area contributed by atoms with E-state index in [2.05, 4.69) is 20.9 Å². The summed E-state index contributed by atoms with van der Waals surface area (Å²) in [5, 5.41) is 9.84. The predicted molar refractivity (Wildman–Crippen MR) is 70.2 cm³/mol. The van der Waals surface area contributed by atoms with Gasteiger partial charge in [0.1, 0.15) is 5.00 Å². The van der Waals surface area contributed by atoms with Gasteiger partial charge in [0.05, 0.1) is 11.7 Å². The zero-order valence-electron chi connectivity index (χ0n) is 9.42. The minimum atomic E-state index is 0.778. The fraction of sp³-hybridized carbons (Fsp3) is 0.167. The van der Waals surface area contributed by atoms with Gasteiger partial charge in [0.2, 0.25) is 0 Å². The SMILES string of the molecule is Cn1cc(CNc2snc3ccccc23)cn1. The van der Waals surface area contributed by atoms with Crippen molar-refractivity contribution in [3.8, 4) is 0 Å². The molecule has 17 heavy (non-hydrogen) atoms. The van der Waals surface area contributed by atoms with Crippen LogP contribution in [0.4, 0.5) is 5.00 Å². The van der Waals surface area contributed by atoms with Crippen molar-refractivity contribution >= 4 is 27.4 Å². The van der Waals surface area contributed by atoms with Crippen molar-refractivity contribution in [1.82, 2.24) is 14.2 Å². The number of fused-ring (bicyclic) bond motifs is 1. The monoisotopic (exact) mass is 244 g/mol. The lowest BCUT2D eigenvalue weighted by Gasteiger charge is -2.00. The molecule has 3 aromatic rings. The molecule has 2 aromatic heterocycles. The van der Waals surface area contributed by atoms with E-state index < -0.39 is 0 Å². The van der Waals surface area contributed by atoms with Crippen molar-refractivity contribution in [3.63, 3.8) is 0 Å². The molecule has 0 radical (unpaired) electrons. The van der Waals surface area contributed by atoms with E-state index in [1.54, 1.807) is 0 Å². The third-order valence-corrected chi connectivity index (χ3v) is 3.43. The van der Waals surface area contributed by atoms with Crippen LogP contribution < -0.4 is 5.32 Å². The van der Waals surface area contributed by atoms with Crippen LogP contribution in [-0.2, 0) is 13.6 Å². The molecule has 0 aliphatic heterocycles. The van der Waals surface area contributed by atoms with Gasteiger partial charge >= 0.3 is 0 Å². The second-order valence-electron chi connectivity index (χ2n) is 3.90. The summed E-state index contributed by atoms with van der Waals surface area (Å²) in [5.41, 5.74) is 2.22. The Labute approximate surface area is 103 Å². The quantitative estimate of drug-likeness (QED) is 0.770. The molecule has 3 rings (SSSR count). The van der Waals surface area contributed by atoms with Crippen molar-refractivity contribution in [3.05, 3.63) is 42.2 Å². The van der Waals surface area contributed by atoms with Crippen LogP contribution in [0, 0.1) is 0 Å². The van der Waals surface area contributed by atoms with Crippen LogP contribution in [0.5, 0.6) is 0 Å². The van der Waals surface area contributed by atoms with E-state index in [9.17, 15) is 0 Å². The number of hydrogen-bond donors (Lipinski definition) is 1. The number of rotatable bonds is 3. The summed E-state index contributed by atoms with van der Waals surface area (Å²) >= 11 is 1.50. The van der Waals surface area contributed by atoms with Crippen molar-refractivity contribution < 1.29 is 0 Å². The summed E-state index contributed by atoms with van der Waals surface area (Å²) in [6.07, 6.45) is 3.88. The second kappa shape index (κ2) is 4.18. The Morgan fingerprint density at radius 2 is 2.24 bits per heavy atom. The highest BCUT2D eigenvalue weighted by molar-refractivity contribution is 7.11. The first-order valence-electron chi connectivity index (χ1n) is 5.39. The highest BCUT2D eigenvalue weighted by atomic mass is 32.1. The molecule has 0 saturated heterocycles. The number of anilines is 1. The fourth-order valence-corrected chi connectivity index (χ4v) is 2.52. The Kier molecular flexibility index (Phi) is 2.53. The first-order valence-corrected chi connectivity index (χ1v) is 6.16. The molecule has 0 saturated carbocycles. The van der Waals surface area contributed by atoms with Crippen LogP contribution in [0.2, 0.25) is 0 Å². The Morgan fingerprint density at radius 1 is 1.35 bits per heavy atom. The van der Waals surface area contributed by atoms with Crippen LogP contribution in [-0.4, -0.2) is 14.2 Å². The maximum absolute atomic E-state index is 4.39. The standard InChI is InChI=1S/C12H12N4S/c1-16-8-9(7-14-16)6-13-12-10-4-2-3-5-11(10)15-17-12/h2-5,7-8,13H,6H2,1H3. The third kappa shape index (κ3) is 2.01. The van der Waals surface area contributed by atoms with Gasteiger partial charge in [0.25, 0.3) is 0 Å².